The van der Waals surface area contributed by atoms with Crippen molar-refractivity contribution in [2.45, 2.75) is 86.1 Å². The zero-order chi connectivity index (χ0) is 30.7. The van der Waals surface area contributed by atoms with Crippen LogP contribution in [0.15, 0.2) is 24.3 Å². The van der Waals surface area contributed by atoms with Crippen LogP contribution in [0.3, 0.4) is 0 Å². The smallest absolute Gasteiger partial charge is 0.337 e. The second-order valence-corrected chi connectivity index (χ2v) is 12.3. The largest absolute Gasteiger partial charge is 0.490 e. The fourth-order valence-corrected chi connectivity index (χ4v) is 6.33. The summed E-state index contributed by atoms with van der Waals surface area (Å²) < 4.78 is 42.3. The molecule has 5 rings (SSSR count). The van der Waals surface area contributed by atoms with E-state index in [-0.39, 0.29) is 24.4 Å². The number of carbonyl (C=O) groups is 2. The van der Waals surface area contributed by atoms with E-state index in [0.717, 1.165) is 34.2 Å². The van der Waals surface area contributed by atoms with E-state index in [1.165, 1.54) is 12.1 Å². The van der Waals surface area contributed by atoms with Crippen LogP contribution in [0.25, 0.3) is 11.1 Å². The first-order valence-corrected chi connectivity index (χ1v) is 14.3. The van der Waals surface area contributed by atoms with E-state index >= 15 is 4.39 Å². The molecule has 0 fully saturated rings. The lowest BCUT2D eigenvalue weighted by Gasteiger charge is -2.31. The van der Waals surface area contributed by atoms with E-state index in [4.69, 9.17) is 9.47 Å². The number of rotatable bonds is 5. The van der Waals surface area contributed by atoms with Crippen LogP contribution in [-0.2, 0) is 29.0 Å². The molecule has 0 bridgehead atoms. The monoisotopic (exact) mass is 577 g/mol. The lowest BCUT2D eigenvalue weighted by atomic mass is 9.81. The first-order chi connectivity index (χ1) is 19.7. The second-order valence-electron chi connectivity index (χ2n) is 12.3. The fourth-order valence-electron chi connectivity index (χ4n) is 6.33. The molecule has 0 aromatic heterocycles. The van der Waals surface area contributed by atoms with Gasteiger partial charge < -0.3 is 19.5 Å². The lowest BCUT2D eigenvalue weighted by molar-refractivity contribution is -0.160. The summed E-state index contributed by atoms with van der Waals surface area (Å²) in [5.74, 6) is -2.41. The molecule has 3 aromatic rings. The van der Waals surface area contributed by atoms with Gasteiger partial charge in [-0.25, -0.2) is 13.6 Å². The van der Waals surface area contributed by atoms with Crippen molar-refractivity contribution in [3.8, 4) is 16.9 Å². The summed E-state index contributed by atoms with van der Waals surface area (Å²) in [5, 5.41) is 10.5. The van der Waals surface area contributed by atoms with Gasteiger partial charge in [-0.1, -0.05) is 12.1 Å². The van der Waals surface area contributed by atoms with Gasteiger partial charge in [-0.3, -0.25) is 4.79 Å². The van der Waals surface area contributed by atoms with Gasteiger partial charge in [-0.2, -0.15) is 0 Å². The third-order valence-electron chi connectivity index (χ3n) is 8.39. The highest BCUT2D eigenvalue weighted by atomic mass is 19.1. The Balaban J connectivity index is 1.74. The molecule has 2 aliphatic heterocycles. The Morgan fingerprint density at radius 2 is 1.67 bits per heavy atom. The summed E-state index contributed by atoms with van der Waals surface area (Å²) in [4.78, 5) is 27.9. The number of benzene rings is 3. The maximum absolute atomic E-state index is 15.5. The number of fused-ring (bicyclic) bond motifs is 2. The van der Waals surface area contributed by atoms with E-state index in [0.29, 0.717) is 40.8 Å². The molecule has 6 nitrogen and oxygen atoms in total. The molecule has 3 aromatic carbocycles. The average Bonchev–Trinajstić information content (AvgIpc) is 3.39. The Labute approximate surface area is 245 Å². The van der Waals surface area contributed by atoms with Crippen LogP contribution in [0.5, 0.6) is 5.75 Å². The number of nitrogens with zero attached hydrogens (tertiary/aromatic N) is 1. The molecule has 2 heterocycles. The van der Waals surface area contributed by atoms with Crippen molar-refractivity contribution in [3.05, 3.63) is 86.0 Å². The topological polar surface area (TPSA) is 76.1 Å². The van der Waals surface area contributed by atoms with Crippen LogP contribution < -0.4 is 4.74 Å². The first-order valence-electron chi connectivity index (χ1n) is 14.3. The Morgan fingerprint density at radius 1 is 1.00 bits per heavy atom. The van der Waals surface area contributed by atoms with Crippen molar-refractivity contribution in [3.63, 3.8) is 0 Å². The van der Waals surface area contributed by atoms with Crippen molar-refractivity contribution in [1.82, 2.24) is 4.90 Å². The maximum Gasteiger partial charge on any atom is 0.337 e. The lowest BCUT2D eigenvalue weighted by Crippen LogP contribution is -2.29. The number of halogens is 2. The predicted molar refractivity (Wildman–Crippen MR) is 156 cm³/mol. The van der Waals surface area contributed by atoms with Crippen LogP contribution >= 0.6 is 0 Å². The highest BCUT2D eigenvalue weighted by Gasteiger charge is 2.38. The molecular weight excluding hydrogens is 540 g/mol. The zero-order valence-electron chi connectivity index (χ0n) is 25.2. The number of carboxylic acid groups (broad SMARTS) is 1. The SMILES string of the molecule is Cc1cccc(C(=O)N2Cc3c(C)c(-c4cc(F)c5c(c4C)CCCO5)c([C@H](OC(C)(C)C)C(=O)O)c(C)c3C2)c1F. The van der Waals surface area contributed by atoms with Gasteiger partial charge in [0.05, 0.1) is 17.8 Å². The number of amides is 1. The van der Waals surface area contributed by atoms with Crippen LogP contribution in [-0.4, -0.2) is 34.1 Å². The summed E-state index contributed by atoms with van der Waals surface area (Å²) in [5.41, 5.74) is 5.83. The molecule has 0 unspecified atom stereocenters. The molecular formula is C34H37F2NO5. The third kappa shape index (κ3) is 5.06. The van der Waals surface area contributed by atoms with Crippen molar-refractivity contribution < 1.29 is 33.0 Å². The number of carbonyl (C=O) groups excluding carboxylic acids is 1. The van der Waals surface area contributed by atoms with E-state index < -0.39 is 35.2 Å². The molecule has 0 spiro atoms. The maximum atomic E-state index is 15.5. The van der Waals surface area contributed by atoms with Crippen LogP contribution in [0.2, 0.25) is 0 Å². The molecule has 0 saturated heterocycles. The highest BCUT2D eigenvalue weighted by molar-refractivity contribution is 5.95. The molecule has 0 saturated carbocycles. The summed E-state index contributed by atoms with van der Waals surface area (Å²) in [6, 6.07) is 6.17. The molecule has 0 radical (unpaired) electrons. The van der Waals surface area contributed by atoms with Crippen molar-refractivity contribution >= 4 is 11.9 Å². The highest BCUT2D eigenvalue weighted by Crippen LogP contribution is 2.47. The average molecular weight is 578 g/mol. The van der Waals surface area contributed by atoms with Crippen LogP contribution in [0.4, 0.5) is 8.78 Å². The van der Waals surface area contributed by atoms with Crippen molar-refractivity contribution in [2.75, 3.05) is 6.61 Å². The number of aryl methyl sites for hydroxylation is 1. The van der Waals surface area contributed by atoms with Gasteiger partial charge in [0, 0.05) is 24.2 Å². The minimum absolute atomic E-state index is 0.00867. The number of hydrogen-bond donors (Lipinski definition) is 1. The Hall–Kier alpha value is -3.78. The summed E-state index contributed by atoms with van der Waals surface area (Å²) >= 11 is 0. The van der Waals surface area contributed by atoms with Crippen molar-refractivity contribution in [2.24, 2.45) is 0 Å². The minimum Gasteiger partial charge on any atom is -0.490 e. The quantitative estimate of drug-likeness (QED) is 0.345. The minimum atomic E-state index is -1.35. The molecule has 2 aliphatic rings. The zero-order valence-corrected chi connectivity index (χ0v) is 25.2. The molecule has 0 aliphatic carbocycles. The Bertz CT molecular complexity index is 1620. The molecule has 1 atom stereocenters. The normalized spacial score (nSPS) is 15.2. The van der Waals surface area contributed by atoms with E-state index in [1.54, 1.807) is 44.7 Å². The van der Waals surface area contributed by atoms with E-state index in [2.05, 4.69) is 0 Å². The number of carboxylic acids is 1. The number of aliphatic carboxylic acids is 1. The van der Waals surface area contributed by atoms with Gasteiger partial charge in [-0.15, -0.1) is 0 Å². The molecule has 222 valence electrons. The molecule has 1 N–H and O–H groups in total. The third-order valence-corrected chi connectivity index (χ3v) is 8.39. The van der Waals surface area contributed by atoms with E-state index in [9.17, 15) is 19.1 Å². The molecule has 8 heteroatoms. The Kier molecular flexibility index (Phi) is 7.64. The fraction of sp³-hybridized carbons (Fsp3) is 0.412. The molecule has 1 amide bonds. The van der Waals surface area contributed by atoms with Gasteiger partial charge in [0.25, 0.3) is 5.91 Å². The van der Waals surface area contributed by atoms with Crippen LogP contribution in [0.1, 0.15) is 88.2 Å². The summed E-state index contributed by atoms with van der Waals surface area (Å²) in [6.45, 7) is 13.4. The van der Waals surface area contributed by atoms with Gasteiger partial charge in [-0.05, 0) is 118 Å². The van der Waals surface area contributed by atoms with Gasteiger partial charge in [0.1, 0.15) is 5.82 Å². The predicted octanol–water partition coefficient (Wildman–Crippen LogP) is 7.29. The van der Waals surface area contributed by atoms with Gasteiger partial charge in [0.15, 0.2) is 17.7 Å². The van der Waals surface area contributed by atoms with Crippen LogP contribution in [0, 0.1) is 39.3 Å². The number of hydrogen-bond acceptors (Lipinski definition) is 4. The van der Waals surface area contributed by atoms with Gasteiger partial charge in [0.2, 0.25) is 0 Å². The Morgan fingerprint density at radius 3 is 2.31 bits per heavy atom. The molecule has 42 heavy (non-hydrogen) atoms. The number of ether oxygens (including phenoxy) is 2. The standard InChI is InChI=1S/C34H37F2NO5/c1-17-10-8-11-22(29(17)36)32(38)37-15-24-19(3)27(23-14-26(35)30-21(18(23)2)12-9-13-41-30)28(20(4)25(24)16-37)31(33(39)40)42-34(5,6)7/h8,10-11,14,31H,9,12-13,15-16H2,1-7H3,(H,39,40)/t31-/m0/s1. The summed E-state index contributed by atoms with van der Waals surface area (Å²) in [7, 11) is 0. The van der Waals surface area contributed by atoms with Gasteiger partial charge >= 0.3 is 5.97 Å². The second kappa shape index (κ2) is 10.8. The first kappa shape index (κ1) is 29.7. The summed E-state index contributed by atoms with van der Waals surface area (Å²) in [6.07, 6.45) is 0.0521. The van der Waals surface area contributed by atoms with Crippen molar-refractivity contribution in [1.29, 1.82) is 0 Å². The van der Waals surface area contributed by atoms with E-state index in [1.807, 2.05) is 20.8 Å².